The number of halogens is 1. The minimum atomic E-state index is -0.481. The lowest BCUT2D eigenvalue weighted by Crippen LogP contribution is -2.49. The van der Waals surface area contributed by atoms with Crippen molar-refractivity contribution in [2.45, 2.75) is 52.1 Å². The van der Waals surface area contributed by atoms with Crippen molar-refractivity contribution < 1.29 is 9.59 Å². The highest BCUT2D eigenvalue weighted by Crippen LogP contribution is 2.19. The van der Waals surface area contributed by atoms with Crippen LogP contribution in [0.25, 0.3) is 0 Å². The summed E-state index contributed by atoms with van der Waals surface area (Å²) in [6, 6.07) is 16.9. The van der Waals surface area contributed by atoms with Gasteiger partial charge in [0.25, 0.3) is 0 Å². The van der Waals surface area contributed by atoms with Gasteiger partial charge in [-0.05, 0) is 36.5 Å². The van der Waals surface area contributed by atoms with Crippen LogP contribution in [0.2, 0.25) is 5.02 Å². The van der Waals surface area contributed by atoms with Crippen molar-refractivity contribution >= 4 is 23.4 Å². The number of benzene rings is 2. The number of nitrogens with zero attached hydrogens (tertiary/aromatic N) is 1. The van der Waals surface area contributed by atoms with E-state index in [9.17, 15) is 9.59 Å². The molecule has 5 heteroatoms. The molecule has 0 heterocycles. The Balaban J connectivity index is 2.17. The van der Waals surface area contributed by atoms with E-state index in [2.05, 4.69) is 5.32 Å². The van der Waals surface area contributed by atoms with Crippen LogP contribution in [-0.2, 0) is 22.6 Å². The van der Waals surface area contributed by atoms with E-state index in [-0.39, 0.29) is 11.8 Å². The fourth-order valence-corrected chi connectivity index (χ4v) is 3.38. The van der Waals surface area contributed by atoms with Gasteiger partial charge in [-0.25, -0.2) is 0 Å². The van der Waals surface area contributed by atoms with Crippen LogP contribution in [0.3, 0.4) is 0 Å². The van der Waals surface area contributed by atoms with Gasteiger partial charge in [0.05, 0.1) is 0 Å². The third kappa shape index (κ3) is 6.38. The van der Waals surface area contributed by atoms with Crippen molar-refractivity contribution in [3.05, 3.63) is 70.7 Å². The molecule has 4 nitrogen and oxygen atoms in total. The lowest BCUT2D eigenvalue weighted by atomic mass is 10.1. The molecule has 0 saturated heterocycles. The van der Waals surface area contributed by atoms with Crippen molar-refractivity contribution in [1.29, 1.82) is 0 Å². The molecule has 0 saturated carbocycles. The topological polar surface area (TPSA) is 49.4 Å². The SMILES string of the molecule is CCCNC(=O)[C@@H](CC)N(Cc1ccccc1)C(=O)CCc1ccccc1Cl. The van der Waals surface area contributed by atoms with Gasteiger partial charge in [-0.3, -0.25) is 9.59 Å². The molecule has 2 amide bonds. The summed E-state index contributed by atoms with van der Waals surface area (Å²) in [6.45, 7) is 4.98. The highest BCUT2D eigenvalue weighted by atomic mass is 35.5. The second kappa shape index (κ2) is 11.5. The maximum Gasteiger partial charge on any atom is 0.242 e. The second-order valence-electron chi connectivity index (χ2n) is 6.81. The Labute approximate surface area is 172 Å². The van der Waals surface area contributed by atoms with Gasteiger partial charge in [0.15, 0.2) is 0 Å². The Kier molecular flexibility index (Phi) is 9.02. The van der Waals surface area contributed by atoms with Crippen LogP contribution >= 0.6 is 11.6 Å². The van der Waals surface area contributed by atoms with Crippen molar-refractivity contribution in [1.82, 2.24) is 10.2 Å². The lowest BCUT2D eigenvalue weighted by Gasteiger charge is -2.30. The Morgan fingerprint density at radius 3 is 2.36 bits per heavy atom. The fraction of sp³-hybridized carbons (Fsp3) is 0.391. The van der Waals surface area contributed by atoms with Crippen LogP contribution in [0.1, 0.15) is 44.2 Å². The molecule has 0 aliphatic carbocycles. The number of nitrogens with one attached hydrogen (secondary N) is 1. The summed E-state index contributed by atoms with van der Waals surface area (Å²) in [5.41, 5.74) is 1.95. The Morgan fingerprint density at radius 1 is 1.04 bits per heavy atom. The molecule has 28 heavy (non-hydrogen) atoms. The van der Waals surface area contributed by atoms with E-state index in [1.54, 1.807) is 4.90 Å². The van der Waals surface area contributed by atoms with Crippen LogP contribution in [0.5, 0.6) is 0 Å². The van der Waals surface area contributed by atoms with Gasteiger partial charge >= 0.3 is 0 Å². The fourth-order valence-electron chi connectivity index (χ4n) is 3.15. The van der Waals surface area contributed by atoms with Gasteiger partial charge in [0.1, 0.15) is 6.04 Å². The summed E-state index contributed by atoms with van der Waals surface area (Å²) in [4.78, 5) is 27.5. The van der Waals surface area contributed by atoms with E-state index < -0.39 is 6.04 Å². The summed E-state index contributed by atoms with van der Waals surface area (Å²) >= 11 is 6.23. The molecule has 1 atom stereocenters. The largest absolute Gasteiger partial charge is 0.354 e. The van der Waals surface area contributed by atoms with E-state index in [1.165, 1.54) is 0 Å². The second-order valence-corrected chi connectivity index (χ2v) is 7.22. The molecule has 0 radical (unpaired) electrons. The maximum absolute atomic E-state index is 13.1. The molecule has 0 fully saturated rings. The zero-order valence-electron chi connectivity index (χ0n) is 16.7. The van der Waals surface area contributed by atoms with Gasteiger partial charge in [0, 0.05) is 24.5 Å². The van der Waals surface area contributed by atoms with Crippen LogP contribution < -0.4 is 5.32 Å². The van der Waals surface area contributed by atoms with Crippen LogP contribution in [0.4, 0.5) is 0 Å². The number of amides is 2. The normalized spacial score (nSPS) is 11.7. The predicted octanol–water partition coefficient (Wildman–Crippen LogP) is 4.61. The average Bonchev–Trinajstić information content (AvgIpc) is 2.72. The molecule has 0 unspecified atom stereocenters. The summed E-state index contributed by atoms with van der Waals surface area (Å²) in [7, 11) is 0. The monoisotopic (exact) mass is 400 g/mol. The zero-order chi connectivity index (χ0) is 20.4. The Hall–Kier alpha value is -2.33. The molecule has 2 aromatic carbocycles. The number of hydrogen-bond acceptors (Lipinski definition) is 2. The van der Waals surface area contributed by atoms with E-state index in [0.29, 0.717) is 37.4 Å². The zero-order valence-corrected chi connectivity index (χ0v) is 17.4. The van der Waals surface area contributed by atoms with E-state index in [4.69, 9.17) is 11.6 Å². The first-order chi connectivity index (χ1) is 13.6. The average molecular weight is 401 g/mol. The molecule has 2 aromatic rings. The van der Waals surface area contributed by atoms with Gasteiger partial charge in [-0.15, -0.1) is 0 Å². The molecule has 0 spiro atoms. The van der Waals surface area contributed by atoms with Crippen LogP contribution in [0.15, 0.2) is 54.6 Å². The minimum Gasteiger partial charge on any atom is -0.354 e. The summed E-state index contributed by atoms with van der Waals surface area (Å²) < 4.78 is 0. The van der Waals surface area contributed by atoms with Crippen molar-refractivity contribution in [2.24, 2.45) is 0 Å². The molecule has 2 rings (SSSR count). The molecule has 150 valence electrons. The molecule has 0 aliphatic rings. The van der Waals surface area contributed by atoms with Gasteiger partial charge in [-0.2, -0.15) is 0 Å². The molecular formula is C23H29ClN2O2. The van der Waals surface area contributed by atoms with Gasteiger partial charge in [0.2, 0.25) is 11.8 Å². The molecule has 0 aliphatic heterocycles. The van der Waals surface area contributed by atoms with E-state index in [0.717, 1.165) is 17.5 Å². The summed E-state index contributed by atoms with van der Waals surface area (Å²) in [6.07, 6.45) is 2.30. The van der Waals surface area contributed by atoms with E-state index in [1.807, 2.05) is 68.4 Å². The highest BCUT2D eigenvalue weighted by molar-refractivity contribution is 6.31. The maximum atomic E-state index is 13.1. The number of carbonyl (C=O) groups excluding carboxylic acids is 2. The van der Waals surface area contributed by atoms with Crippen molar-refractivity contribution in [3.63, 3.8) is 0 Å². The molecule has 0 bridgehead atoms. The first kappa shape index (κ1) is 22.0. The van der Waals surface area contributed by atoms with Crippen LogP contribution in [-0.4, -0.2) is 29.3 Å². The quantitative estimate of drug-likeness (QED) is 0.633. The molecular weight excluding hydrogens is 372 g/mol. The third-order valence-electron chi connectivity index (χ3n) is 4.70. The third-order valence-corrected chi connectivity index (χ3v) is 5.07. The lowest BCUT2D eigenvalue weighted by molar-refractivity contribution is -0.141. The number of hydrogen-bond donors (Lipinski definition) is 1. The summed E-state index contributed by atoms with van der Waals surface area (Å²) in [5.74, 6) is -0.131. The number of aryl methyl sites for hydroxylation is 1. The smallest absolute Gasteiger partial charge is 0.242 e. The van der Waals surface area contributed by atoms with E-state index >= 15 is 0 Å². The van der Waals surface area contributed by atoms with Crippen molar-refractivity contribution in [2.75, 3.05) is 6.54 Å². The van der Waals surface area contributed by atoms with Gasteiger partial charge < -0.3 is 10.2 Å². The first-order valence-electron chi connectivity index (χ1n) is 9.91. The Morgan fingerprint density at radius 2 is 1.71 bits per heavy atom. The minimum absolute atomic E-state index is 0.0396. The first-order valence-corrected chi connectivity index (χ1v) is 10.3. The molecule has 0 aromatic heterocycles. The predicted molar refractivity (Wildman–Crippen MR) is 114 cm³/mol. The van der Waals surface area contributed by atoms with Crippen LogP contribution in [0, 0.1) is 0 Å². The van der Waals surface area contributed by atoms with Gasteiger partial charge in [-0.1, -0.05) is 74.0 Å². The Bertz CT molecular complexity index is 764. The highest BCUT2D eigenvalue weighted by Gasteiger charge is 2.28. The number of carbonyl (C=O) groups is 2. The molecule has 1 N–H and O–H groups in total. The standard InChI is InChI=1S/C23H29ClN2O2/c1-3-16-25-23(28)21(4-2)26(17-18-10-6-5-7-11-18)22(27)15-14-19-12-8-9-13-20(19)24/h5-13,21H,3-4,14-17H2,1-2H3,(H,25,28)/t21-/m1/s1. The number of rotatable bonds is 10. The summed E-state index contributed by atoms with van der Waals surface area (Å²) in [5, 5.41) is 3.60. The van der Waals surface area contributed by atoms with Crippen molar-refractivity contribution in [3.8, 4) is 0 Å².